The molecule has 0 amide bonds. The topological polar surface area (TPSA) is 55.2 Å². The molecule has 1 fully saturated rings. The van der Waals surface area contributed by atoms with Crippen LogP contribution < -0.4 is 5.32 Å². The first-order valence-electron chi connectivity index (χ1n) is 6.30. The molecule has 1 aromatic carbocycles. The average Bonchev–Trinajstić information content (AvgIpc) is 2.40. The monoisotopic (exact) mass is 266 g/mol. The fraction of sp³-hybridized carbons (Fsp3) is 0.538. The van der Waals surface area contributed by atoms with Crippen LogP contribution in [0, 0.1) is 10.1 Å². The maximum atomic E-state index is 10.5. The molecular weight excluding hydrogens is 248 g/mol. The predicted octanol–water partition coefficient (Wildman–Crippen LogP) is 2.62. The van der Waals surface area contributed by atoms with Crippen molar-refractivity contribution in [2.75, 3.05) is 18.1 Å². The molecule has 1 aliphatic heterocycles. The van der Waals surface area contributed by atoms with E-state index in [1.54, 1.807) is 12.1 Å². The Morgan fingerprint density at radius 3 is 2.78 bits per heavy atom. The highest BCUT2D eigenvalue weighted by Gasteiger charge is 2.12. The van der Waals surface area contributed by atoms with Crippen molar-refractivity contribution in [1.82, 2.24) is 5.32 Å². The first-order valence-corrected chi connectivity index (χ1v) is 7.45. The molecule has 1 aliphatic rings. The Morgan fingerprint density at radius 1 is 1.39 bits per heavy atom. The minimum Gasteiger partial charge on any atom is -0.313 e. The van der Waals surface area contributed by atoms with Crippen molar-refractivity contribution in [3.05, 3.63) is 39.9 Å². The van der Waals surface area contributed by atoms with Crippen LogP contribution in [-0.2, 0) is 6.42 Å². The summed E-state index contributed by atoms with van der Waals surface area (Å²) < 4.78 is 0. The molecule has 98 valence electrons. The van der Waals surface area contributed by atoms with E-state index in [1.807, 2.05) is 23.9 Å². The number of nitrogens with one attached hydrogen (secondary N) is 1. The zero-order valence-corrected chi connectivity index (χ0v) is 11.1. The Labute approximate surface area is 111 Å². The number of non-ortho nitro benzene ring substituents is 1. The molecule has 1 atom stereocenters. The predicted molar refractivity (Wildman–Crippen MR) is 75.2 cm³/mol. The number of hydrogen-bond acceptors (Lipinski definition) is 4. The Morgan fingerprint density at radius 2 is 2.17 bits per heavy atom. The highest BCUT2D eigenvalue weighted by atomic mass is 32.2. The van der Waals surface area contributed by atoms with E-state index in [-0.39, 0.29) is 10.6 Å². The number of nitro benzene ring substituents is 1. The van der Waals surface area contributed by atoms with Gasteiger partial charge in [0.15, 0.2) is 0 Å². The maximum Gasteiger partial charge on any atom is 0.269 e. The van der Waals surface area contributed by atoms with E-state index in [2.05, 4.69) is 5.32 Å². The summed E-state index contributed by atoms with van der Waals surface area (Å²) in [5.41, 5.74) is 1.31. The third kappa shape index (κ3) is 3.99. The molecule has 0 bridgehead atoms. The number of thioether (sulfide) groups is 1. The molecule has 1 heterocycles. The zero-order valence-electron chi connectivity index (χ0n) is 10.3. The van der Waals surface area contributed by atoms with E-state index in [9.17, 15) is 10.1 Å². The van der Waals surface area contributed by atoms with Gasteiger partial charge in [-0.25, -0.2) is 0 Å². The average molecular weight is 266 g/mol. The van der Waals surface area contributed by atoms with Gasteiger partial charge in [0.1, 0.15) is 0 Å². The van der Waals surface area contributed by atoms with Gasteiger partial charge >= 0.3 is 0 Å². The molecule has 4 nitrogen and oxygen atoms in total. The first-order chi connectivity index (χ1) is 8.75. The van der Waals surface area contributed by atoms with Crippen LogP contribution in [0.5, 0.6) is 0 Å². The van der Waals surface area contributed by atoms with Gasteiger partial charge in [-0.3, -0.25) is 10.1 Å². The van der Waals surface area contributed by atoms with Crippen molar-refractivity contribution in [3.8, 4) is 0 Å². The second kappa shape index (κ2) is 6.75. The van der Waals surface area contributed by atoms with Crippen molar-refractivity contribution >= 4 is 17.4 Å². The van der Waals surface area contributed by atoms with Crippen molar-refractivity contribution in [2.24, 2.45) is 0 Å². The highest BCUT2D eigenvalue weighted by molar-refractivity contribution is 7.99. The minimum atomic E-state index is -0.360. The summed E-state index contributed by atoms with van der Waals surface area (Å²) in [4.78, 5) is 10.2. The molecular formula is C13H18N2O2S. The molecule has 1 unspecified atom stereocenters. The van der Waals surface area contributed by atoms with Crippen molar-refractivity contribution < 1.29 is 4.92 Å². The molecule has 1 N–H and O–H groups in total. The van der Waals surface area contributed by atoms with Crippen LogP contribution in [0.4, 0.5) is 5.69 Å². The highest BCUT2D eigenvalue weighted by Crippen LogP contribution is 2.17. The molecule has 18 heavy (non-hydrogen) atoms. The van der Waals surface area contributed by atoms with Gasteiger partial charge in [-0.05, 0) is 37.1 Å². The molecule has 5 heteroatoms. The first kappa shape index (κ1) is 13.4. The Bertz CT molecular complexity index is 388. The van der Waals surface area contributed by atoms with Gasteiger partial charge in [-0.15, -0.1) is 0 Å². The second-order valence-corrected chi connectivity index (χ2v) is 5.69. The number of benzene rings is 1. The maximum absolute atomic E-state index is 10.5. The van der Waals surface area contributed by atoms with Crippen molar-refractivity contribution in [3.63, 3.8) is 0 Å². The lowest BCUT2D eigenvalue weighted by Gasteiger charge is -2.22. The van der Waals surface area contributed by atoms with Crippen LogP contribution in [0.1, 0.15) is 18.4 Å². The van der Waals surface area contributed by atoms with Crippen molar-refractivity contribution in [2.45, 2.75) is 25.3 Å². The third-order valence-electron chi connectivity index (χ3n) is 3.15. The van der Waals surface area contributed by atoms with Gasteiger partial charge < -0.3 is 5.32 Å². The van der Waals surface area contributed by atoms with Crippen LogP contribution in [0.15, 0.2) is 24.3 Å². The number of hydrogen-bond donors (Lipinski definition) is 1. The van der Waals surface area contributed by atoms with E-state index in [0.29, 0.717) is 6.04 Å². The summed E-state index contributed by atoms with van der Waals surface area (Å²) >= 11 is 2.02. The van der Waals surface area contributed by atoms with E-state index in [1.165, 1.54) is 24.3 Å². The molecule has 0 radical (unpaired) electrons. The molecule has 0 aromatic heterocycles. The summed E-state index contributed by atoms with van der Waals surface area (Å²) in [7, 11) is 0. The largest absolute Gasteiger partial charge is 0.313 e. The lowest BCUT2D eigenvalue weighted by molar-refractivity contribution is -0.384. The lowest BCUT2D eigenvalue weighted by atomic mass is 10.1. The van der Waals surface area contributed by atoms with Crippen LogP contribution >= 0.6 is 11.8 Å². The third-order valence-corrected chi connectivity index (χ3v) is 4.37. The minimum absolute atomic E-state index is 0.162. The van der Waals surface area contributed by atoms with Crippen LogP contribution in [-0.4, -0.2) is 29.0 Å². The molecule has 1 saturated heterocycles. The normalized spacial score (nSPS) is 19.7. The van der Waals surface area contributed by atoms with Gasteiger partial charge in [0.2, 0.25) is 0 Å². The second-order valence-electron chi connectivity index (χ2n) is 4.54. The molecule has 2 rings (SSSR count). The van der Waals surface area contributed by atoms with Crippen LogP contribution in [0.2, 0.25) is 0 Å². The molecule has 1 aromatic rings. The number of nitro groups is 1. The van der Waals surface area contributed by atoms with E-state index >= 15 is 0 Å². The summed E-state index contributed by atoms with van der Waals surface area (Å²) in [5.74, 6) is 2.50. The summed E-state index contributed by atoms with van der Waals surface area (Å²) in [6, 6.07) is 7.48. The Kier molecular flexibility index (Phi) is 5.01. The number of nitrogens with zero attached hydrogens (tertiary/aromatic N) is 1. The SMILES string of the molecule is O=[N+]([O-])c1ccc(CCNC2CCCSC2)cc1. The van der Waals surface area contributed by atoms with Crippen molar-refractivity contribution in [1.29, 1.82) is 0 Å². The standard InChI is InChI=1S/C13H18N2O2S/c16-15(17)13-5-3-11(4-6-13)7-8-14-12-2-1-9-18-10-12/h3-6,12,14H,1-2,7-10H2. The van der Waals surface area contributed by atoms with E-state index in [0.717, 1.165) is 18.5 Å². The van der Waals surface area contributed by atoms with E-state index in [4.69, 9.17) is 0 Å². The smallest absolute Gasteiger partial charge is 0.269 e. The lowest BCUT2D eigenvalue weighted by Crippen LogP contribution is -2.35. The Balaban J connectivity index is 1.74. The molecule has 0 aliphatic carbocycles. The van der Waals surface area contributed by atoms with Gasteiger partial charge in [-0.2, -0.15) is 11.8 Å². The zero-order chi connectivity index (χ0) is 12.8. The quantitative estimate of drug-likeness (QED) is 0.657. The Hall–Kier alpha value is -1.07. The van der Waals surface area contributed by atoms with Gasteiger partial charge in [0, 0.05) is 23.9 Å². The molecule has 0 saturated carbocycles. The fourth-order valence-corrected chi connectivity index (χ4v) is 3.21. The van der Waals surface area contributed by atoms with E-state index < -0.39 is 0 Å². The van der Waals surface area contributed by atoms with Gasteiger partial charge in [0.05, 0.1) is 4.92 Å². The van der Waals surface area contributed by atoms with Crippen LogP contribution in [0.25, 0.3) is 0 Å². The number of rotatable bonds is 5. The van der Waals surface area contributed by atoms with Crippen LogP contribution in [0.3, 0.4) is 0 Å². The summed E-state index contributed by atoms with van der Waals surface area (Å²) in [6.07, 6.45) is 3.51. The molecule has 0 spiro atoms. The fourth-order valence-electron chi connectivity index (χ4n) is 2.11. The van der Waals surface area contributed by atoms with Gasteiger partial charge in [-0.1, -0.05) is 12.1 Å². The summed E-state index contributed by atoms with van der Waals surface area (Å²) in [5, 5.41) is 14.1. The van der Waals surface area contributed by atoms with Gasteiger partial charge in [0.25, 0.3) is 5.69 Å². The summed E-state index contributed by atoms with van der Waals surface area (Å²) in [6.45, 7) is 0.947.